The molecule has 2 N–H and O–H groups in total. The second-order valence-electron chi connectivity index (χ2n) is 6.61. The molecule has 2 heterocycles. The molecule has 0 bridgehead atoms. The number of halogens is 4. The van der Waals surface area contributed by atoms with E-state index in [1.54, 1.807) is 30.3 Å². The molecule has 1 spiro atoms. The molecule has 1 unspecified atom stereocenters. The van der Waals surface area contributed by atoms with Crippen molar-refractivity contribution in [3.05, 3.63) is 71.0 Å². The largest absolute Gasteiger partial charge is 0.507 e. The Kier molecular flexibility index (Phi) is 4.63. The number of phenols is 2. The second kappa shape index (κ2) is 6.69. The average molecular weight is 684 g/mol. The highest BCUT2D eigenvalue weighted by Crippen LogP contribution is 2.63. The minimum absolute atomic E-state index is 0.00770. The number of hydrogen-bond donors (Lipinski definition) is 2. The molecule has 2 aliphatic rings. The zero-order valence-electron chi connectivity index (χ0n) is 14.4. The first-order valence-corrected chi connectivity index (χ1v) is 12.8. The molecule has 11 heteroatoms. The predicted octanol–water partition coefficient (Wildman–Crippen LogP) is 6.26. The third-order valence-electron chi connectivity index (χ3n) is 5.02. The molecule has 30 heavy (non-hydrogen) atoms. The SMILES string of the molecule is O=S1(=O)OC2(c3ccc(O)c(Br)c3Oc3c2cc(Br)c(O)c3Br)c2cccc(Br)c21. The Bertz CT molecular complexity index is 1390. The topological polar surface area (TPSA) is 93.1 Å². The van der Waals surface area contributed by atoms with E-state index in [2.05, 4.69) is 63.7 Å². The van der Waals surface area contributed by atoms with Gasteiger partial charge in [0.25, 0.3) is 10.1 Å². The van der Waals surface area contributed by atoms with Crippen molar-refractivity contribution in [3.8, 4) is 23.0 Å². The van der Waals surface area contributed by atoms with Crippen LogP contribution in [0.2, 0.25) is 0 Å². The molecule has 0 aromatic heterocycles. The van der Waals surface area contributed by atoms with Gasteiger partial charge in [-0.15, -0.1) is 0 Å². The number of aromatic hydroxyl groups is 2. The number of phenolic OH excluding ortho intramolecular Hbond substituents is 2. The van der Waals surface area contributed by atoms with Gasteiger partial charge in [-0.05, 0) is 88.0 Å². The minimum Gasteiger partial charge on any atom is -0.507 e. The van der Waals surface area contributed by atoms with Crippen LogP contribution in [0.25, 0.3) is 0 Å². The Morgan fingerprint density at radius 2 is 1.53 bits per heavy atom. The fraction of sp³-hybridized carbons (Fsp3) is 0.0526. The van der Waals surface area contributed by atoms with Gasteiger partial charge in [0.05, 0.1) is 4.47 Å². The van der Waals surface area contributed by atoms with Gasteiger partial charge in [0.2, 0.25) is 0 Å². The highest BCUT2D eigenvalue weighted by atomic mass is 79.9. The van der Waals surface area contributed by atoms with Crippen molar-refractivity contribution in [3.63, 3.8) is 0 Å². The number of fused-ring (bicyclic) bond motifs is 6. The van der Waals surface area contributed by atoms with Crippen LogP contribution in [0.5, 0.6) is 23.0 Å². The van der Waals surface area contributed by atoms with E-state index < -0.39 is 15.7 Å². The smallest absolute Gasteiger partial charge is 0.300 e. The van der Waals surface area contributed by atoms with Gasteiger partial charge in [-0.1, -0.05) is 12.1 Å². The maximum absolute atomic E-state index is 13.1. The van der Waals surface area contributed by atoms with Crippen LogP contribution in [0.1, 0.15) is 16.7 Å². The molecule has 154 valence electrons. The van der Waals surface area contributed by atoms with Crippen LogP contribution in [0.15, 0.2) is 59.2 Å². The van der Waals surface area contributed by atoms with Gasteiger partial charge in [-0.2, -0.15) is 8.42 Å². The van der Waals surface area contributed by atoms with Crippen molar-refractivity contribution in [2.45, 2.75) is 10.5 Å². The van der Waals surface area contributed by atoms with Gasteiger partial charge in [-0.3, -0.25) is 0 Å². The summed E-state index contributed by atoms with van der Waals surface area (Å²) < 4.78 is 39.3. The highest BCUT2D eigenvalue weighted by molar-refractivity contribution is 9.11. The van der Waals surface area contributed by atoms with Crippen LogP contribution >= 0.6 is 63.7 Å². The maximum atomic E-state index is 13.1. The van der Waals surface area contributed by atoms with Crippen molar-refractivity contribution >= 4 is 73.8 Å². The van der Waals surface area contributed by atoms with Crippen molar-refractivity contribution in [2.24, 2.45) is 0 Å². The molecule has 6 nitrogen and oxygen atoms in total. The Morgan fingerprint density at radius 1 is 0.833 bits per heavy atom. The van der Waals surface area contributed by atoms with Gasteiger partial charge in [0, 0.05) is 21.2 Å². The van der Waals surface area contributed by atoms with Crippen molar-refractivity contribution in [1.29, 1.82) is 0 Å². The lowest BCUT2D eigenvalue weighted by Crippen LogP contribution is -2.33. The van der Waals surface area contributed by atoms with Gasteiger partial charge >= 0.3 is 0 Å². The molecule has 0 radical (unpaired) electrons. The van der Waals surface area contributed by atoms with E-state index in [0.717, 1.165) is 0 Å². The Balaban J connectivity index is 2.02. The van der Waals surface area contributed by atoms with Crippen LogP contribution in [0.4, 0.5) is 0 Å². The molecule has 0 saturated heterocycles. The van der Waals surface area contributed by atoms with Crippen molar-refractivity contribution in [2.75, 3.05) is 0 Å². The van der Waals surface area contributed by atoms with Crippen molar-refractivity contribution in [1.82, 2.24) is 0 Å². The summed E-state index contributed by atoms with van der Waals surface area (Å²) in [6.07, 6.45) is 0. The summed E-state index contributed by atoms with van der Waals surface area (Å²) in [7, 11) is -4.16. The van der Waals surface area contributed by atoms with Crippen molar-refractivity contribution < 1.29 is 27.6 Å². The standard InChI is InChI=1S/C19H8Br4O6S/c20-10-3-1-2-8-18(10)30(26,27)29-19(8)7-4-5-12(24)13(22)16(7)28-17-9(19)6-11(21)15(25)14(17)23/h1-6,24-25H. The van der Waals surface area contributed by atoms with E-state index in [-0.39, 0.29) is 36.8 Å². The first-order valence-electron chi connectivity index (χ1n) is 8.25. The predicted molar refractivity (Wildman–Crippen MR) is 122 cm³/mol. The van der Waals surface area contributed by atoms with Gasteiger partial charge < -0.3 is 14.9 Å². The van der Waals surface area contributed by atoms with Gasteiger partial charge in [-0.25, -0.2) is 4.18 Å². The summed E-state index contributed by atoms with van der Waals surface area (Å²) in [6, 6.07) is 9.54. The number of ether oxygens (including phenoxy) is 1. The third-order valence-corrected chi connectivity index (χ3v) is 9.46. The lowest BCUT2D eigenvalue weighted by atomic mass is 9.78. The van der Waals surface area contributed by atoms with Crippen LogP contribution in [-0.4, -0.2) is 18.6 Å². The van der Waals surface area contributed by atoms with Gasteiger partial charge in [0.1, 0.15) is 25.3 Å². The second-order valence-corrected chi connectivity index (χ2v) is 11.4. The number of hydrogen-bond acceptors (Lipinski definition) is 6. The lowest BCUT2D eigenvalue weighted by molar-refractivity contribution is 0.163. The fourth-order valence-electron chi connectivity index (χ4n) is 3.79. The summed E-state index contributed by atoms with van der Waals surface area (Å²) in [5, 5.41) is 20.6. The minimum atomic E-state index is -4.16. The summed E-state index contributed by atoms with van der Waals surface area (Å²) in [5.41, 5.74) is -0.477. The molecule has 3 aromatic rings. The molecule has 1 atom stereocenters. The van der Waals surface area contributed by atoms with E-state index in [1.807, 2.05) is 0 Å². The Morgan fingerprint density at radius 3 is 2.27 bits per heavy atom. The monoisotopic (exact) mass is 680 g/mol. The first-order chi connectivity index (χ1) is 14.1. The molecule has 2 aliphatic heterocycles. The van der Waals surface area contributed by atoms with E-state index in [4.69, 9.17) is 8.92 Å². The zero-order valence-corrected chi connectivity index (χ0v) is 21.6. The van der Waals surface area contributed by atoms with E-state index in [9.17, 15) is 18.6 Å². The molecule has 5 rings (SSSR count). The highest BCUT2D eigenvalue weighted by Gasteiger charge is 2.57. The number of rotatable bonds is 0. The third kappa shape index (κ3) is 2.56. The Hall–Kier alpha value is -1.11. The summed E-state index contributed by atoms with van der Waals surface area (Å²) >= 11 is 13.3. The molecular weight excluding hydrogens is 676 g/mol. The maximum Gasteiger partial charge on any atom is 0.300 e. The fourth-order valence-corrected chi connectivity index (χ4v) is 7.85. The van der Waals surface area contributed by atoms with Crippen LogP contribution < -0.4 is 4.74 Å². The summed E-state index contributed by atoms with van der Waals surface area (Å²) in [4.78, 5) is 0.00770. The lowest BCUT2D eigenvalue weighted by Gasteiger charge is -2.37. The zero-order chi connectivity index (χ0) is 21.6. The summed E-state index contributed by atoms with van der Waals surface area (Å²) in [5.74, 6) is 0.115. The first kappa shape index (κ1) is 20.8. The molecular formula is C19H8Br4O6S. The molecule has 0 aliphatic carbocycles. The van der Waals surface area contributed by atoms with Gasteiger partial charge in [0.15, 0.2) is 17.1 Å². The summed E-state index contributed by atoms with van der Waals surface area (Å²) in [6.45, 7) is 0. The quantitative estimate of drug-likeness (QED) is 0.272. The normalized spacial score (nSPS) is 20.4. The van der Waals surface area contributed by atoms with E-state index in [1.165, 1.54) is 6.07 Å². The molecule has 3 aromatic carbocycles. The van der Waals surface area contributed by atoms with Crippen LogP contribution in [-0.2, 0) is 19.9 Å². The molecule has 0 amide bonds. The number of benzene rings is 3. The van der Waals surface area contributed by atoms with E-state index in [0.29, 0.717) is 25.6 Å². The van der Waals surface area contributed by atoms with E-state index >= 15 is 0 Å². The average Bonchev–Trinajstić information content (AvgIpc) is 2.93. The van der Waals surface area contributed by atoms with Crippen LogP contribution in [0.3, 0.4) is 0 Å². The molecule has 0 saturated carbocycles. The molecule has 0 fully saturated rings. The van der Waals surface area contributed by atoms with Crippen LogP contribution in [0, 0.1) is 0 Å². The Labute approximate surface area is 204 Å².